The SMILES string of the molecule is Oc1ccc(-c2noc3c2CCc2cc(O)ccc2-3)cc1. The van der Waals surface area contributed by atoms with Gasteiger partial charge in [-0.2, -0.15) is 0 Å². The zero-order valence-electron chi connectivity index (χ0n) is 11.2. The number of aryl methyl sites for hydroxylation is 1. The molecule has 0 fully saturated rings. The van der Waals surface area contributed by atoms with E-state index in [2.05, 4.69) is 5.16 Å². The molecule has 0 saturated heterocycles. The van der Waals surface area contributed by atoms with E-state index in [4.69, 9.17) is 4.52 Å². The summed E-state index contributed by atoms with van der Waals surface area (Å²) in [7, 11) is 0. The van der Waals surface area contributed by atoms with E-state index in [9.17, 15) is 10.2 Å². The summed E-state index contributed by atoms with van der Waals surface area (Å²) in [4.78, 5) is 0. The number of phenols is 2. The molecule has 0 radical (unpaired) electrons. The lowest BCUT2D eigenvalue weighted by molar-refractivity contribution is 0.432. The van der Waals surface area contributed by atoms with E-state index in [0.717, 1.165) is 46.5 Å². The van der Waals surface area contributed by atoms with Gasteiger partial charge in [0.25, 0.3) is 0 Å². The molecule has 1 aliphatic carbocycles. The van der Waals surface area contributed by atoms with Crippen LogP contribution in [0.5, 0.6) is 11.5 Å². The molecule has 0 spiro atoms. The zero-order valence-corrected chi connectivity index (χ0v) is 11.2. The summed E-state index contributed by atoms with van der Waals surface area (Å²) in [6.07, 6.45) is 1.68. The average molecular weight is 279 g/mol. The molecule has 0 saturated carbocycles. The topological polar surface area (TPSA) is 66.5 Å². The quantitative estimate of drug-likeness (QED) is 0.715. The Balaban J connectivity index is 1.86. The molecule has 2 N–H and O–H groups in total. The first-order valence-corrected chi connectivity index (χ1v) is 6.82. The van der Waals surface area contributed by atoms with Crippen LogP contribution in [0, 0.1) is 0 Å². The number of hydrogen-bond donors (Lipinski definition) is 2. The maximum atomic E-state index is 9.58. The molecule has 1 aromatic heterocycles. The summed E-state index contributed by atoms with van der Waals surface area (Å²) in [6.45, 7) is 0. The Kier molecular flexibility index (Phi) is 2.51. The minimum absolute atomic E-state index is 0.233. The molecule has 1 aliphatic rings. The predicted octanol–water partition coefficient (Wildman–Crippen LogP) is 3.52. The molecule has 0 amide bonds. The first kappa shape index (κ1) is 12.0. The molecular weight excluding hydrogens is 266 g/mol. The van der Waals surface area contributed by atoms with Crippen molar-refractivity contribution in [3.8, 4) is 34.1 Å². The molecule has 2 aromatic carbocycles. The van der Waals surface area contributed by atoms with E-state index >= 15 is 0 Å². The highest BCUT2D eigenvalue weighted by molar-refractivity contribution is 5.76. The van der Waals surface area contributed by atoms with Gasteiger partial charge >= 0.3 is 0 Å². The van der Waals surface area contributed by atoms with Crippen molar-refractivity contribution in [1.29, 1.82) is 0 Å². The van der Waals surface area contributed by atoms with Gasteiger partial charge in [-0.1, -0.05) is 5.16 Å². The van der Waals surface area contributed by atoms with Gasteiger partial charge in [0.2, 0.25) is 0 Å². The molecule has 21 heavy (non-hydrogen) atoms. The van der Waals surface area contributed by atoms with Crippen LogP contribution in [-0.4, -0.2) is 15.4 Å². The summed E-state index contributed by atoms with van der Waals surface area (Å²) in [5.41, 5.74) is 4.91. The Labute approximate surface area is 121 Å². The number of fused-ring (bicyclic) bond motifs is 3. The number of aromatic nitrogens is 1. The van der Waals surface area contributed by atoms with Gasteiger partial charge in [-0.25, -0.2) is 0 Å². The van der Waals surface area contributed by atoms with Crippen LogP contribution in [0.4, 0.5) is 0 Å². The lowest BCUT2D eigenvalue weighted by Crippen LogP contribution is -2.02. The first-order chi connectivity index (χ1) is 10.2. The van der Waals surface area contributed by atoms with Gasteiger partial charge in [0.1, 0.15) is 17.2 Å². The molecule has 1 heterocycles. The number of phenolic OH excluding ortho intramolecular Hbond substituents is 2. The van der Waals surface area contributed by atoms with Crippen LogP contribution >= 0.6 is 0 Å². The highest BCUT2D eigenvalue weighted by Gasteiger charge is 2.25. The van der Waals surface area contributed by atoms with Crippen molar-refractivity contribution in [2.45, 2.75) is 12.8 Å². The highest BCUT2D eigenvalue weighted by Crippen LogP contribution is 2.39. The summed E-state index contributed by atoms with van der Waals surface area (Å²) in [6, 6.07) is 12.3. The molecule has 3 aromatic rings. The standard InChI is InChI=1S/C17H13NO3/c19-12-4-1-10(2-5-12)16-15-7-3-11-9-13(20)6-8-14(11)17(15)21-18-16/h1-2,4-6,8-9,19-20H,3,7H2. The molecule has 0 aliphatic heterocycles. The molecule has 4 rings (SSSR count). The summed E-state index contributed by atoms with van der Waals surface area (Å²) in [5.74, 6) is 1.28. The smallest absolute Gasteiger partial charge is 0.170 e. The van der Waals surface area contributed by atoms with Gasteiger partial charge < -0.3 is 14.7 Å². The normalized spacial score (nSPS) is 12.8. The van der Waals surface area contributed by atoms with Gasteiger partial charge in [-0.15, -0.1) is 0 Å². The van der Waals surface area contributed by atoms with Crippen LogP contribution in [0.15, 0.2) is 47.0 Å². The molecule has 0 unspecified atom stereocenters. The number of benzene rings is 2. The molecule has 104 valence electrons. The van der Waals surface area contributed by atoms with Crippen LogP contribution < -0.4 is 0 Å². The van der Waals surface area contributed by atoms with Gasteiger partial charge in [-0.3, -0.25) is 0 Å². The molecule has 4 heteroatoms. The van der Waals surface area contributed by atoms with Crippen molar-refractivity contribution in [3.63, 3.8) is 0 Å². The van der Waals surface area contributed by atoms with Crippen molar-refractivity contribution in [2.24, 2.45) is 0 Å². The summed E-state index contributed by atoms with van der Waals surface area (Å²) < 4.78 is 5.54. The summed E-state index contributed by atoms with van der Waals surface area (Å²) >= 11 is 0. The van der Waals surface area contributed by atoms with Crippen molar-refractivity contribution in [3.05, 3.63) is 53.6 Å². The number of rotatable bonds is 1. The maximum Gasteiger partial charge on any atom is 0.170 e. The van der Waals surface area contributed by atoms with E-state index in [1.54, 1.807) is 24.3 Å². The third kappa shape index (κ3) is 1.88. The van der Waals surface area contributed by atoms with Crippen LogP contribution in [0.2, 0.25) is 0 Å². The van der Waals surface area contributed by atoms with Gasteiger partial charge in [0.05, 0.1) is 0 Å². The molecule has 0 bridgehead atoms. The lowest BCUT2D eigenvalue weighted by atomic mass is 9.88. The Morgan fingerprint density at radius 1 is 0.905 bits per heavy atom. The lowest BCUT2D eigenvalue weighted by Gasteiger charge is -2.15. The summed E-state index contributed by atoms with van der Waals surface area (Å²) in [5, 5.41) is 23.2. The van der Waals surface area contributed by atoms with E-state index in [-0.39, 0.29) is 11.5 Å². The van der Waals surface area contributed by atoms with Crippen LogP contribution in [0.3, 0.4) is 0 Å². The number of nitrogens with zero attached hydrogens (tertiary/aromatic N) is 1. The van der Waals surface area contributed by atoms with Crippen LogP contribution in [-0.2, 0) is 12.8 Å². The monoisotopic (exact) mass is 279 g/mol. The largest absolute Gasteiger partial charge is 0.508 e. The van der Waals surface area contributed by atoms with Crippen LogP contribution in [0.1, 0.15) is 11.1 Å². The fraction of sp³-hybridized carbons (Fsp3) is 0.118. The van der Waals surface area contributed by atoms with Gasteiger partial charge in [0.15, 0.2) is 5.76 Å². The second-order valence-electron chi connectivity index (χ2n) is 5.23. The van der Waals surface area contributed by atoms with E-state index in [0.29, 0.717) is 0 Å². The Morgan fingerprint density at radius 2 is 1.67 bits per heavy atom. The van der Waals surface area contributed by atoms with Gasteiger partial charge in [0, 0.05) is 16.7 Å². The Hall–Kier alpha value is -2.75. The van der Waals surface area contributed by atoms with Gasteiger partial charge in [-0.05, 0) is 60.9 Å². The van der Waals surface area contributed by atoms with E-state index in [1.807, 2.05) is 18.2 Å². The first-order valence-electron chi connectivity index (χ1n) is 6.82. The Morgan fingerprint density at radius 3 is 2.48 bits per heavy atom. The molecule has 4 nitrogen and oxygen atoms in total. The molecule has 0 atom stereocenters. The van der Waals surface area contributed by atoms with Crippen molar-refractivity contribution in [2.75, 3.05) is 0 Å². The van der Waals surface area contributed by atoms with Crippen LogP contribution in [0.25, 0.3) is 22.6 Å². The van der Waals surface area contributed by atoms with E-state index < -0.39 is 0 Å². The highest BCUT2D eigenvalue weighted by atomic mass is 16.5. The average Bonchev–Trinajstić information content (AvgIpc) is 2.92. The molecular formula is C17H13NO3. The van der Waals surface area contributed by atoms with Crippen molar-refractivity contribution in [1.82, 2.24) is 5.16 Å². The fourth-order valence-electron chi connectivity index (χ4n) is 2.87. The third-order valence-corrected chi connectivity index (χ3v) is 3.91. The zero-order chi connectivity index (χ0) is 14.4. The third-order valence-electron chi connectivity index (χ3n) is 3.91. The minimum Gasteiger partial charge on any atom is -0.508 e. The second-order valence-corrected chi connectivity index (χ2v) is 5.23. The number of hydrogen-bond acceptors (Lipinski definition) is 4. The Bertz CT molecular complexity index is 805. The van der Waals surface area contributed by atoms with E-state index in [1.165, 1.54) is 0 Å². The predicted molar refractivity (Wildman–Crippen MR) is 78.1 cm³/mol. The number of aromatic hydroxyl groups is 2. The van der Waals surface area contributed by atoms with Crippen molar-refractivity contribution < 1.29 is 14.7 Å². The maximum absolute atomic E-state index is 9.58. The fourth-order valence-corrected chi connectivity index (χ4v) is 2.87. The second kappa shape index (κ2) is 4.38. The minimum atomic E-state index is 0.233. The van der Waals surface area contributed by atoms with Crippen molar-refractivity contribution >= 4 is 0 Å².